The number of para-hydroxylation sites is 2. The Bertz CT molecular complexity index is 1160. The average molecular weight is 500 g/mol. The van der Waals surface area contributed by atoms with E-state index >= 15 is 0 Å². The van der Waals surface area contributed by atoms with Gasteiger partial charge in [-0.15, -0.1) is 21.5 Å². The molecule has 9 nitrogen and oxygen atoms in total. The molecule has 4 heterocycles. The van der Waals surface area contributed by atoms with Gasteiger partial charge in [-0.1, -0.05) is 30.0 Å². The van der Waals surface area contributed by atoms with Gasteiger partial charge in [0.25, 0.3) is 5.91 Å². The van der Waals surface area contributed by atoms with Crippen LogP contribution < -0.4 is 9.47 Å². The van der Waals surface area contributed by atoms with Gasteiger partial charge in [0, 0.05) is 44.5 Å². The van der Waals surface area contributed by atoms with Gasteiger partial charge in [0.05, 0.1) is 5.75 Å². The number of aromatic nitrogens is 3. The van der Waals surface area contributed by atoms with Crippen LogP contribution in [0.5, 0.6) is 11.5 Å². The van der Waals surface area contributed by atoms with Crippen LogP contribution in [0.2, 0.25) is 0 Å². The molecule has 5 rings (SSSR count). The number of hydrogen-bond acceptors (Lipinski definition) is 8. The monoisotopic (exact) mass is 499 g/mol. The molecule has 3 aromatic rings. The van der Waals surface area contributed by atoms with E-state index in [1.807, 2.05) is 41.3 Å². The van der Waals surface area contributed by atoms with Gasteiger partial charge in [0.1, 0.15) is 12.4 Å². The highest BCUT2D eigenvalue weighted by atomic mass is 32.2. The van der Waals surface area contributed by atoms with Crippen LogP contribution in [0.1, 0.15) is 10.7 Å². The Kier molecular flexibility index (Phi) is 6.73. The molecule has 0 unspecified atom stereocenters. The van der Waals surface area contributed by atoms with Crippen molar-refractivity contribution in [3.05, 3.63) is 52.5 Å². The minimum Gasteiger partial charge on any atom is -0.485 e. The minimum atomic E-state index is -0.660. The number of rotatable bonds is 6. The average Bonchev–Trinajstić information content (AvgIpc) is 3.52. The number of nitrogens with zero attached hydrogens (tertiary/aromatic N) is 5. The van der Waals surface area contributed by atoms with Gasteiger partial charge in [-0.3, -0.25) is 9.59 Å². The highest BCUT2D eigenvalue weighted by Crippen LogP contribution is 2.31. The summed E-state index contributed by atoms with van der Waals surface area (Å²) in [6, 6.07) is 11.4. The van der Waals surface area contributed by atoms with Gasteiger partial charge in [-0.05, 0) is 23.6 Å². The molecule has 178 valence electrons. The maximum absolute atomic E-state index is 12.9. The summed E-state index contributed by atoms with van der Waals surface area (Å²) in [6.07, 6.45) is 0.0690. The number of hydrogen-bond donors (Lipinski definition) is 0. The Morgan fingerprint density at radius 3 is 2.59 bits per heavy atom. The standard InChI is InChI=1S/C23H25N5O4S2/c1-26-20(13-16-5-4-12-33-16)24-25-23(26)34-15-21(29)27-8-10-28(11-9-27)22(30)19-14-31-17-6-2-3-7-18(17)32-19/h2-7,12,19H,8-11,13-15H2,1H3/t19-/m0/s1. The third-order valence-corrected chi connectivity index (χ3v) is 7.77. The second kappa shape index (κ2) is 10.1. The zero-order valence-electron chi connectivity index (χ0n) is 18.8. The molecule has 1 saturated heterocycles. The van der Waals surface area contributed by atoms with Gasteiger partial charge in [-0.25, -0.2) is 0 Å². The predicted molar refractivity (Wildman–Crippen MR) is 128 cm³/mol. The van der Waals surface area contributed by atoms with Crippen LogP contribution in [0.4, 0.5) is 0 Å². The summed E-state index contributed by atoms with van der Waals surface area (Å²) < 4.78 is 13.5. The number of carbonyl (C=O) groups excluding carboxylic acids is 2. The topological polar surface area (TPSA) is 89.8 Å². The summed E-state index contributed by atoms with van der Waals surface area (Å²) in [5.41, 5.74) is 0. The van der Waals surface area contributed by atoms with Crippen molar-refractivity contribution in [2.75, 3.05) is 38.5 Å². The molecule has 1 aromatic carbocycles. The summed E-state index contributed by atoms with van der Waals surface area (Å²) in [4.78, 5) is 30.4. The Hall–Kier alpha value is -3.05. The lowest BCUT2D eigenvalue weighted by Gasteiger charge is -2.37. The van der Waals surface area contributed by atoms with Crippen LogP contribution in [0.25, 0.3) is 0 Å². The number of ether oxygens (including phenoxy) is 2. The molecule has 0 saturated carbocycles. The first-order valence-electron chi connectivity index (χ1n) is 11.1. The first-order chi connectivity index (χ1) is 16.6. The molecular weight excluding hydrogens is 474 g/mol. The van der Waals surface area contributed by atoms with Crippen molar-refractivity contribution in [1.29, 1.82) is 0 Å². The van der Waals surface area contributed by atoms with E-state index in [2.05, 4.69) is 16.3 Å². The van der Waals surface area contributed by atoms with E-state index in [-0.39, 0.29) is 24.2 Å². The second-order valence-corrected chi connectivity index (χ2v) is 10.0. The first-order valence-corrected chi connectivity index (χ1v) is 12.9. The van der Waals surface area contributed by atoms with Gasteiger partial charge in [0.2, 0.25) is 12.0 Å². The fourth-order valence-electron chi connectivity index (χ4n) is 3.93. The van der Waals surface area contributed by atoms with Crippen molar-refractivity contribution < 1.29 is 19.1 Å². The molecular formula is C23H25N5O4S2. The largest absolute Gasteiger partial charge is 0.485 e. The normalized spacial score (nSPS) is 17.6. The van der Waals surface area contributed by atoms with Gasteiger partial charge >= 0.3 is 0 Å². The zero-order valence-corrected chi connectivity index (χ0v) is 20.4. The fourth-order valence-corrected chi connectivity index (χ4v) is 5.47. The smallest absolute Gasteiger partial charge is 0.267 e. The highest BCUT2D eigenvalue weighted by Gasteiger charge is 2.33. The van der Waals surface area contributed by atoms with Crippen LogP contribution in [-0.2, 0) is 23.1 Å². The maximum atomic E-state index is 12.9. The van der Waals surface area contributed by atoms with Crippen LogP contribution >= 0.6 is 23.1 Å². The number of benzene rings is 1. The van der Waals surface area contributed by atoms with E-state index in [1.54, 1.807) is 27.2 Å². The first kappa shape index (κ1) is 22.7. The van der Waals surface area contributed by atoms with E-state index in [0.29, 0.717) is 37.7 Å². The summed E-state index contributed by atoms with van der Waals surface area (Å²) >= 11 is 3.08. The lowest BCUT2D eigenvalue weighted by atomic mass is 10.2. The molecule has 0 spiro atoms. The quantitative estimate of drug-likeness (QED) is 0.480. The van der Waals surface area contributed by atoms with Crippen molar-refractivity contribution >= 4 is 34.9 Å². The minimum absolute atomic E-state index is 0.0334. The molecule has 0 N–H and O–H groups in total. The SMILES string of the molecule is Cn1c(Cc2cccs2)nnc1SCC(=O)N1CCN(C(=O)[C@@H]2COc3ccccc3O2)CC1. The van der Waals surface area contributed by atoms with Crippen molar-refractivity contribution in [2.45, 2.75) is 17.7 Å². The van der Waals surface area contributed by atoms with Crippen LogP contribution in [0.3, 0.4) is 0 Å². The van der Waals surface area contributed by atoms with Gasteiger partial charge in [-0.2, -0.15) is 0 Å². The maximum Gasteiger partial charge on any atom is 0.267 e. The fraction of sp³-hybridized carbons (Fsp3) is 0.391. The third-order valence-electron chi connectivity index (χ3n) is 5.89. The molecule has 1 fully saturated rings. The molecule has 1 atom stereocenters. The molecule has 2 aliphatic heterocycles. The molecule has 0 aliphatic carbocycles. The molecule has 34 heavy (non-hydrogen) atoms. The molecule has 2 amide bonds. The summed E-state index contributed by atoms with van der Waals surface area (Å²) in [7, 11) is 1.93. The number of piperazine rings is 1. The van der Waals surface area contributed by atoms with Crippen LogP contribution in [0.15, 0.2) is 46.9 Å². The zero-order chi connectivity index (χ0) is 23.5. The van der Waals surface area contributed by atoms with E-state index in [0.717, 1.165) is 17.4 Å². The molecule has 0 bridgehead atoms. The van der Waals surface area contributed by atoms with Crippen molar-refractivity contribution in [3.8, 4) is 11.5 Å². The van der Waals surface area contributed by atoms with Gasteiger partial charge < -0.3 is 23.8 Å². The predicted octanol–water partition coefficient (Wildman–Crippen LogP) is 2.07. The number of thiophene rings is 1. The van der Waals surface area contributed by atoms with Crippen molar-refractivity contribution in [3.63, 3.8) is 0 Å². The molecule has 11 heteroatoms. The van der Waals surface area contributed by atoms with Crippen molar-refractivity contribution in [1.82, 2.24) is 24.6 Å². The van der Waals surface area contributed by atoms with E-state index in [4.69, 9.17) is 9.47 Å². The number of thioether (sulfide) groups is 1. The Labute approximate surface area is 205 Å². The molecule has 2 aliphatic rings. The molecule has 0 radical (unpaired) electrons. The van der Waals surface area contributed by atoms with E-state index in [9.17, 15) is 9.59 Å². The Morgan fingerprint density at radius 1 is 1.06 bits per heavy atom. The van der Waals surface area contributed by atoms with Crippen LogP contribution in [-0.4, -0.2) is 81.0 Å². The second-order valence-electron chi connectivity index (χ2n) is 8.07. The highest BCUT2D eigenvalue weighted by molar-refractivity contribution is 7.99. The lowest BCUT2D eigenvalue weighted by molar-refractivity contribution is -0.145. The third kappa shape index (κ3) is 4.90. The summed E-state index contributed by atoms with van der Waals surface area (Å²) in [5.74, 6) is 2.33. The number of carbonyl (C=O) groups is 2. The Morgan fingerprint density at radius 2 is 1.82 bits per heavy atom. The number of fused-ring (bicyclic) bond motifs is 1. The molecule has 2 aromatic heterocycles. The summed E-state index contributed by atoms with van der Waals surface area (Å²) in [5, 5.41) is 11.3. The Balaban J connectivity index is 1.09. The lowest BCUT2D eigenvalue weighted by Crippen LogP contribution is -2.55. The van der Waals surface area contributed by atoms with E-state index < -0.39 is 6.10 Å². The summed E-state index contributed by atoms with van der Waals surface area (Å²) in [6.45, 7) is 2.14. The van der Waals surface area contributed by atoms with Gasteiger partial charge in [0.15, 0.2) is 16.7 Å². The van der Waals surface area contributed by atoms with Crippen molar-refractivity contribution in [2.24, 2.45) is 7.05 Å². The van der Waals surface area contributed by atoms with Crippen LogP contribution in [0, 0.1) is 0 Å². The van der Waals surface area contributed by atoms with E-state index in [1.165, 1.54) is 16.6 Å². The number of amides is 2.